The number of aromatic nitrogens is 6. The van der Waals surface area contributed by atoms with Crippen LogP contribution in [0.25, 0.3) is 17.0 Å². The van der Waals surface area contributed by atoms with E-state index in [9.17, 15) is 0 Å². The van der Waals surface area contributed by atoms with Crippen LogP contribution in [-0.4, -0.2) is 35.4 Å². The molecular formula is C21H19N7. The third-order valence-electron chi connectivity index (χ3n) is 5.77. The second-order valence-corrected chi connectivity index (χ2v) is 7.44. The van der Waals surface area contributed by atoms with E-state index in [0.29, 0.717) is 6.04 Å². The fourth-order valence-electron chi connectivity index (χ4n) is 4.47. The van der Waals surface area contributed by atoms with Crippen molar-refractivity contribution < 1.29 is 0 Å². The first-order chi connectivity index (χ1) is 13.8. The van der Waals surface area contributed by atoms with Gasteiger partial charge in [0, 0.05) is 18.2 Å². The highest BCUT2D eigenvalue weighted by molar-refractivity contribution is 5.77. The lowest BCUT2D eigenvalue weighted by molar-refractivity contribution is 0.629. The Kier molecular flexibility index (Phi) is 3.35. The van der Waals surface area contributed by atoms with Crippen LogP contribution in [0.3, 0.4) is 0 Å². The monoisotopic (exact) mass is 369 g/mol. The molecule has 0 spiro atoms. The minimum atomic E-state index is 0.364. The van der Waals surface area contributed by atoms with E-state index in [0.717, 1.165) is 43.0 Å². The van der Waals surface area contributed by atoms with Gasteiger partial charge in [-0.05, 0) is 42.4 Å². The first kappa shape index (κ1) is 15.6. The van der Waals surface area contributed by atoms with Gasteiger partial charge in [0.2, 0.25) is 0 Å². The van der Waals surface area contributed by atoms with Crippen molar-refractivity contribution in [2.45, 2.75) is 31.7 Å². The zero-order valence-electron chi connectivity index (χ0n) is 15.3. The molecule has 3 heterocycles. The van der Waals surface area contributed by atoms with Gasteiger partial charge in [0.25, 0.3) is 0 Å². The average Bonchev–Trinajstić information content (AvgIpc) is 3.47. The summed E-state index contributed by atoms with van der Waals surface area (Å²) in [6.07, 6.45) is 9.37. The van der Waals surface area contributed by atoms with Gasteiger partial charge in [0.1, 0.15) is 18.5 Å². The topological polar surface area (TPSA) is 72.9 Å². The van der Waals surface area contributed by atoms with Gasteiger partial charge in [-0.3, -0.25) is 0 Å². The third-order valence-corrected chi connectivity index (χ3v) is 5.77. The van der Waals surface area contributed by atoms with Crippen molar-refractivity contribution in [1.82, 2.24) is 29.4 Å². The quantitative estimate of drug-likeness (QED) is 0.600. The fourth-order valence-corrected chi connectivity index (χ4v) is 4.47. The molecule has 1 N–H and O–H groups in total. The van der Waals surface area contributed by atoms with Crippen molar-refractivity contribution in [3.8, 4) is 5.82 Å². The van der Waals surface area contributed by atoms with Crippen LogP contribution in [0, 0.1) is 0 Å². The molecule has 6 rings (SSSR count). The van der Waals surface area contributed by atoms with Gasteiger partial charge in [0.15, 0.2) is 11.5 Å². The van der Waals surface area contributed by atoms with Crippen molar-refractivity contribution >= 4 is 17.0 Å². The molecule has 138 valence electrons. The smallest absolute Gasteiger partial charge is 0.161 e. The van der Waals surface area contributed by atoms with E-state index in [-0.39, 0.29) is 0 Å². The van der Waals surface area contributed by atoms with Gasteiger partial charge < -0.3 is 5.32 Å². The maximum atomic E-state index is 4.63. The van der Waals surface area contributed by atoms with Crippen LogP contribution in [0.1, 0.15) is 30.4 Å². The lowest BCUT2D eigenvalue weighted by Gasteiger charge is -2.26. The highest BCUT2D eigenvalue weighted by Crippen LogP contribution is 2.42. The van der Waals surface area contributed by atoms with Crippen molar-refractivity contribution in [2.75, 3.05) is 5.32 Å². The number of nitrogens with zero attached hydrogens (tertiary/aromatic N) is 6. The molecule has 0 saturated carbocycles. The Bertz CT molecular complexity index is 1200. The lowest BCUT2D eigenvalue weighted by atomic mass is 9.88. The summed E-state index contributed by atoms with van der Waals surface area (Å²) in [6, 6.07) is 13.1. The standard InChI is InChI=1S/C21H19N7/c1-2-4-17-14(3-1)9-15-5-6-16(10-18(15)17)25-21-11-20(27-13-22-12-24-27)26-19-7-8-23-28(19)21/h1-4,7-8,11-13,16,25H,5-6,9-10H2. The predicted molar refractivity (Wildman–Crippen MR) is 106 cm³/mol. The molecule has 2 aliphatic rings. The summed E-state index contributed by atoms with van der Waals surface area (Å²) >= 11 is 0. The first-order valence-electron chi connectivity index (χ1n) is 9.61. The molecule has 7 nitrogen and oxygen atoms in total. The van der Waals surface area contributed by atoms with E-state index in [4.69, 9.17) is 0 Å². The van der Waals surface area contributed by atoms with E-state index in [1.54, 1.807) is 22.8 Å². The number of benzene rings is 1. The number of fused-ring (bicyclic) bond motifs is 3. The van der Waals surface area contributed by atoms with E-state index >= 15 is 0 Å². The van der Waals surface area contributed by atoms with Crippen molar-refractivity contribution in [3.63, 3.8) is 0 Å². The Balaban J connectivity index is 1.33. The molecule has 3 aromatic heterocycles. The zero-order chi connectivity index (χ0) is 18.5. The minimum Gasteiger partial charge on any atom is -0.367 e. The fraction of sp³-hybridized carbons (Fsp3) is 0.238. The Morgan fingerprint density at radius 2 is 2.07 bits per heavy atom. The van der Waals surface area contributed by atoms with E-state index in [1.165, 1.54) is 23.0 Å². The van der Waals surface area contributed by atoms with Gasteiger partial charge >= 0.3 is 0 Å². The lowest BCUT2D eigenvalue weighted by Crippen LogP contribution is -2.25. The summed E-state index contributed by atoms with van der Waals surface area (Å²) in [5.74, 6) is 1.66. The van der Waals surface area contributed by atoms with Gasteiger partial charge in [-0.15, -0.1) is 0 Å². The van der Waals surface area contributed by atoms with Crippen molar-refractivity contribution in [2.24, 2.45) is 0 Å². The SMILES string of the molecule is c1ccc2c(c1)CC1=C2CC(Nc2cc(-n3cncn3)nc3ccnn23)CC1. The molecule has 0 saturated heterocycles. The Hall–Kier alpha value is -3.48. The van der Waals surface area contributed by atoms with E-state index in [2.05, 4.69) is 49.7 Å². The van der Waals surface area contributed by atoms with Crippen LogP contribution in [0.2, 0.25) is 0 Å². The molecule has 1 aromatic carbocycles. The van der Waals surface area contributed by atoms with Crippen LogP contribution in [-0.2, 0) is 6.42 Å². The predicted octanol–water partition coefficient (Wildman–Crippen LogP) is 3.28. The average molecular weight is 369 g/mol. The molecule has 0 amide bonds. The molecule has 1 atom stereocenters. The Morgan fingerprint density at radius 1 is 1.11 bits per heavy atom. The Morgan fingerprint density at radius 3 is 3.00 bits per heavy atom. The van der Waals surface area contributed by atoms with Crippen LogP contribution in [0.15, 0.2) is 60.8 Å². The number of anilines is 1. The maximum absolute atomic E-state index is 4.63. The number of nitrogens with one attached hydrogen (secondary N) is 1. The van der Waals surface area contributed by atoms with E-state index in [1.807, 2.05) is 16.6 Å². The third kappa shape index (κ3) is 2.43. The molecule has 7 heteroatoms. The molecule has 4 aromatic rings. The van der Waals surface area contributed by atoms with Crippen molar-refractivity contribution in [3.05, 3.63) is 71.9 Å². The van der Waals surface area contributed by atoms with Gasteiger partial charge in [-0.1, -0.05) is 29.8 Å². The molecule has 0 radical (unpaired) electrons. The van der Waals surface area contributed by atoms with Crippen molar-refractivity contribution in [1.29, 1.82) is 0 Å². The maximum Gasteiger partial charge on any atom is 0.161 e. The summed E-state index contributed by atoms with van der Waals surface area (Å²) in [5.41, 5.74) is 6.84. The van der Waals surface area contributed by atoms with E-state index < -0.39 is 0 Å². The largest absolute Gasteiger partial charge is 0.367 e. The van der Waals surface area contributed by atoms with Crippen LogP contribution >= 0.6 is 0 Å². The summed E-state index contributed by atoms with van der Waals surface area (Å²) < 4.78 is 3.53. The summed E-state index contributed by atoms with van der Waals surface area (Å²) in [5, 5.41) is 12.4. The zero-order valence-corrected chi connectivity index (χ0v) is 15.3. The normalized spacial score (nSPS) is 18.4. The molecule has 1 unspecified atom stereocenters. The molecule has 28 heavy (non-hydrogen) atoms. The summed E-state index contributed by atoms with van der Waals surface area (Å²) in [4.78, 5) is 8.66. The minimum absolute atomic E-state index is 0.364. The van der Waals surface area contributed by atoms with Gasteiger partial charge in [0.05, 0.1) is 6.20 Å². The van der Waals surface area contributed by atoms with Crippen LogP contribution in [0.4, 0.5) is 5.82 Å². The number of hydrogen-bond donors (Lipinski definition) is 1. The van der Waals surface area contributed by atoms with Gasteiger partial charge in [-0.2, -0.15) is 14.7 Å². The summed E-state index contributed by atoms with van der Waals surface area (Å²) in [6.45, 7) is 0. The highest BCUT2D eigenvalue weighted by Gasteiger charge is 2.28. The summed E-state index contributed by atoms with van der Waals surface area (Å²) in [7, 11) is 0. The number of rotatable bonds is 3. The first-order valence-corrected chi connectivity index (χ1v) is 9.61. The Labute approximate surface area is 161 Å². The molecule has 2 aliphatic carbocycles. The molecule has 0 bridgehead atoms. The molecule has 0 aliphatic heterocycles. The van der Waals surface area contributed by atoms with Crippen LogP contribution < -0.4 is 5.32 Å². The van der Waals surface area contributed by atoms with Gasteiger partial charge in [-0.25, -0.2) is 14.6 Å². The van der Waals surface area contributed by atoms with Crippen LogP contribution in [0.5, 0.6) is 0 Å². The number of allylic oxidation sites excluding steroid dienone is 1. The number of hydrogen-bond acceptors (Lipinski definition) is 5. The molecule has 0 fully saturated rings. The molecular weight excluding hydrogens is 350 g/mol. The second-order valence-electron chi connectivity index (χ2n) is 7.44. The highest BCUT2D eigenvalue weighted by atomic mass is 15.4. The second kappa shape index (κ2) is 6.02.